The Kier molecular flexibility index (Phi) is 5.11. The van der Waals surface area contributed by atoms with Crippen LogP contribution in [0.15, 0.2) is 36.3 Å². The lowest BCUT2D eigenvalue weighted by molar-refractivity contribution is 0.0931. The van der Waals surface area contributed by atoms with Crippen molar-refractivity contribution in [2.45, 2.75) is 31.1 Å². The van der Waals surface area contributed by atoms with E-state index < -0.39 is 0 Å². The lowest BCUT2D eigenvalue weighted by Gasteiger charge is -2.17. The molecule has 0 aliphatic carbocycles. The van der Waals surface area contributed by atoms with Crippen LogP contribution in [0.3, 0.4) is 0 Å². The summed E-state index contributed by atoms with van der Waals surface area (Å²) in [5.41, 5.74) is 0.479. The van der Waals surface area contributed by atoms with E-state index >= 15 is 0 Å². The molecule has 2 aromatic rings. The van der Waals surface area contributed by atoms with E-state index in [0.29, 0.717) is 17.3 Å². The molecule has 20 heavy (non-hydrogen) atoms. The van der Waals surface area contributed by atoms with E-state index in [1.54, 1.807) is 24.9 Å². The van der Waals surface area contributed by atoms with Gasteiger partial charge in [-0.2, -0.15) is 0 Å². The van der Waals surface area contributed by atoms with Crippen LogP contribution in [0.2, 0.25) is 0 Å². The zero-order valence-corrected chi connectivity index (χ0v) is 12.3. The molecule has 2 rings (SSSR count). The van der Waals surface area contributed by atoms with Crippen molar-refractivity contribution in [2.24, 2.45) is 0 Å². The van der Waals surface area contributed by atoms with Gasteiger partial charge < -0.3 is 9.88 Å². The van der Waals surface area contributed by atoms with E-state index in [2.05, 4.69) is 20.3 Å². The zero-order valence-electron chi connectivity index (χ0n) is 11.5. The number of nitrogens with zero attached hydrogens (tertiary/aromatic N) is 4. The first-order valence-corrected chi connectivity index (χ1v) is 7.58. The number of aromatic nitrogens is 4. The molecule has 1 amide bonds. The minimum absolute atomic E-state index is 0.0527. The van der Waals surface area contributed by atoms with Gasteiger partial charge in [0.05, 0.1) is 11.9 Å². The molecule has 6 nitrogen and oxygen atoms in total. The molecule has 1 atom stereocenters. The van der Waals surface area contributed by atoms with Crippen LogP contribution in [-0.4, -0.2) is 37.7 Å². The Bertz CT molecular complexity index is 540. The number of carbonyl (C=O) groups is 1. The molecule has 0 aliphatic heterocycles. The minimum Gasteiger partial charge on any atom is -0.347 e. The van der Waals surface area contributed by atoms with Crippen molar-refractivity contribution in [3.05, 3.63) is 36.7 Å². The van der Waals surface area contributed by atoms with Crippen LogP contribution in [0, 0.1) is 0 Å². The van der Waals surface area contributed by atoms with Gasteiger partial charge in [-0.05, 0) is 12.7 Å². The van der Waals surface area contributed by atoms with Gasteiger partial charge in [-0.25, -0.2) is 15.0 Å². The molecular formula is C13H17N5OS. The molecule has 1 N–H and O–H groups in total. The molecule has 0 saturated heterocycles. The maximum atomic E-state index is 12.1. The van der Waals surface area contributed by atoms with Gasteiger partial charge in [0.15, 0.2) is 5.16 Å². The Morgan fingerprint density at radius 2 is 2.20 bits per heavy atom. The van der Waals surface area contributed by atoms with Crippen molar-refractivity contribution in [1.82, 2.24) is 24.8 Å². The lowest BCUT2D eigenvalue weighted by atomic mass is 10.2. The number of carbonyl (C=O) groups excluding carboxylic acids is 1. The highest BCUT2D eigenvalue weighted by molar-refractivity contribution is 7.98. The van der Waals surface area contributed by atoms with E-state index in [1.165, 1.54) is 11.8 Å². The summed E-state index contributed by atoms with van der Waals surface area (Å²) in [6.45, 7) is 2.74. The summed E-state index contributed by atoms with van der Waals surface area (Å²) >= 11 is 1.45. The van der Waals surface area contributed by atoms with E-state index in [0.717, 1.165) is 6.42 Å². The Morgan fingerprint density at radius 3 is 2.75 bits per heavy atom. The predicted molar refractivity (Wildman–Crippen MR) is 77.6 cm³/mol. The molecule has 106 valence electrons. The molecule has 2 heterocycles. The summed E-state index contributed by atoms with van der Waals surface area (Å²) in [6, 6.07) is 0.0527. The van der Waals surface area contributed by atoms with Crippen LogP contribution in [0.25, 0.3) is 0 Å². The molecular weight excluding hydrogens is 274 g/mol. The first kappa shape index (κ1) is 14.5. The van der Waals surface area contributed by atoms with Gasteiger partial charge >= 0.3 is 0 Å². The van der Waals surface area contributed by atoms with Crippen molar-refractivity contribution >= 4 is 17.7 Å². The molecule has 0 radical (unpaired) electrons. The van der Waals surface area contributed by atoms with Crippen LogP contribution >= 0.6 is 11.8 Å². The summed E-state index contributed by atoms with van der Waals surface area (Å²) in [5.74, 6) is -0.149. The SMILES string of the molecule is CC[C@@H](Cn1ccnc1)NC(=O)c1cnc(SC)nc1. The number of nitrogens with one attached hydrogen (secondary N) is 1. The monoisotopic (exact) mass is 291 g/mol. The summed E-state index contributed by atoms with van der Waals surface area (Å²) in [4.78, 5) is 24.3. The second-order valence-corrected chi connectivity index (χ2v) is 5.07. The van der Waals surface area contributed by atoms with Gasteiger partial charge in [0.2, 0.25) is 0 Å². The molecule has 2 aromatic heterocycles. The quantitative estimate of drug-likeness (QED) is 0.646. The van der Waals surface area contributed by atoms with Gasteiger partial charge in [-0.15, -0.1) is 0 Å². The third-order valence-electron chi connectivity index (χ3n) is 2.89. The molecule has 7 heteroatoms. The molecule has 0 aromatic carbocycles. The Morgan fingerprint density at radius 1 is 1.45 bits per heavy atom. The number of imidazole rings is 1. The first-order valence-electron chi connectivity index (χ1n) is 6.35. The Balaban J connectivity index is 1.97. The fourth-order valence-corrected chi connectivity index (χ4v) is 2.05. The Hall–Kier alpha value is -1.89. The maximum absolute atomic E-state index is 12.1. The second-order valence-electron chi connectivity index (χ2n) is 4.30. The highest BCUT2D eigenvalue weighted by Gasteiger charge is 2.13. The Labute approximate surface area is 122 Å². The predicted octanol–water partition coefficient (Wildman–Crippen LogP) is 1.60. The van der Waals surface area contributed by atoms with Crippen LogP contribution in [0.5, 0.6) is 0 Å². The highest BCUT2D eigenvalue weighted by Crippen LogP contribution is 2.07. The van der Waals surface area contributed by atoms with E-state index in [-0.39, 0.29) is 11.9 Å². The summed E-state index contributed by atoms with van der Waals surface area (Å²) in [5, 5.41) is 3.64. The van der Waals surface area contributed by atoms with Crippen molar-refractivity contribution in [3.8, 4) is 0 Å². The van der Waals surface area contributed by atoms with Crippen molar-refractivity contribution in [3.63, 3.8) is 0 Å². The number of amides is 1. The van der Waals surface area contributed by atoms with Gasteiger partial charge in [0, 0.05) is 37.4 Å². The average molecular weight is 291 g/mol. The molecule has 0 aliphatic rings. The van der Waals surface area contributed by atoms with Gasteiger partial charge in [0.25, 0.3) is 5.91 Å². The number of rotatable bonds is 6. The highest BCUT2D eigenvalue weighted by atomic mass is 32.2. The second kappa shape index (κ2) is 7.04. The molecule has 0 saturated carbocycles. The molecule has 0 bridgehead atoms. The standard InChI is InChI=1S/C13H17N5OS/c1-3-11(8-18-5-4-14-9-18)17-12(19)10-6-15-13(20-2)16-7-10/h4-7,9,11H,3,8H2,1-2H3,(H,17,19)/t11-/m0/s1. The first-order chi connectivity index (χ1) is 9.72. The minimum atomic E-state index is -0.149. The summed E-state index contributed by atoms with van der Waals surface area (Å²) < 4.78 is 1.95. The number of thioether (sulfide) groups is 1. The summed E-state index contributed by atoms with van der Waals surface area (Å²) in [6.07, 6.45) is 11.2. The molecule has 0 unspecified atom stereocenters. The maximum Gasteiger partial charge on any atom is 0.254 e. The fraction of sp³-hybridized carbons (Fsp3) is 0.385. The number of hydrogen-bond donors (Lipinski definition) is 1. The van der Waals surface area contributed by atoms with E-state index in [9.17, 15) is 4.79 Å². The average Bonchev–Trinajstić information content (AvgIpc) is 2.99. The van der Waals surface area contributed by atoms with Crippen molar-refractivity contribution in [1.29, 1.82) is 0 Å². The van der Waals surface area contributed by atoms with Gasteiger partial charge in [-0.1, -0.05) is 18.7 Å². The number of hydrogen-bond acceptors (Lipinski definition) is 5. The fourth-order valence-electron chi connectivity index (χ4n) is 1.73. The van der Waals surface area contributed by atoms with Crippen molar-refractivity contribution < 1.29 is 4.79 Å². The van der Waals surface area contributed by atoms with E-state index in [4.69, 9.17) is 0 Å². The zero-order chi connectivity index (χ0) is 14.4. The van der Waals surface area contributed by atoms with Crippen molar-refractivity contribution in [2.75, 3.05) is 6.26 Å². The topological polar surface area (TPSA) is 72.7 Å². The third kappa shape index (κ3) is 3.80. The normalized spacial score (nSPS) is 12.1. The molecule has 0 fully saturated rings. The van der Waals surface area contributed by atoms with Gasteiger partial charge in [0.1, 0.15) is 0 Å². The summed E-state index contributed by atoms with van der Waals surface area (Å²) in [7, 11) is 0. The third-order valence-corrected chi connectivity index (χ3v) is 3.47. The molecule has 0 spiro atoms. The van der Waals surface area contributed by atoms with Crippen LogP contribution < -0.4 is 5.32 Å². The van der Waals surface area contributed by atoms with E-state index in [1.807, 2.05) is 23.9 Å². The van der Waals surface area contributed by atoms with Crippen LogP contribution in [-0.2, 0) is 6.54 Å². The van der Waals surface area contributed by atoms with Gasteiger partial charge in [-0.3, -0.25) is 4.79 Å². The lowest BCUT2D eigenvalue weighted by Crippen LogP contribution is -2.37. The van der Waals surface area contributed by atoms with Crippen LogP contribution in [0.1, 0.15) is 23.7 Å². The smallest absolute Gasteiger partial charge is 0.254 e. The van der Waals surface area contributed by atoms with Crippen LogP contribution in [0.4, 0.5) is 0 Å². The largest absolute Gasteiger partial charge is 0.347 e.